The zero-order valence-electron chi connectivity index (χ0n) is 11.3. The molecule has 1 rings (SSSR count). The van der Waals surface area contributed by atoms with E-state index in [-0.39, 0.29) is 29.1 Å². The Kier molecular flexibility index (Phi) is 5.18. The van der Waals surface area contributed by atoms with Crippen LogP contribution in [0.1, 0.15) is 37.0 Å². The van der Waals surface area contributed by atoms with Crippen LogP contribution in [0.15, 0.2) is 18.2 Å². The van der Waals surface area contributed by atoms with Gasteiger partial charge in [-0.3, -0.25) is 4.79 Å². The number of benzene rings is 1. The number of amides is 1. The third-order valence-corrected chi connectivity index (χ3v) is 3.71. The van der Waals surface area contributed by atoms with E-state index in [2.05, 4.69) is 5.32 Å². The Morgan fingerprint density at radius 1 is 1.21 bits per heavy atom. The van der Waals surface area contributed by atoms with Crippen molar-refractivity contribution in [1.29, 1.82) is 0 Å². The minimum absolute atomic E-state index is 0.0208. The molecule has 0 fully saturated rings. The first-order valence-electron chi connectivity index (χ1n) is 6.39. The maximum Gasteiger partial charge on any atom is 0.258 e. The van der Waals surface area contributed by atoms with E-state index in [4.69, 9.17) is 0 Å². The van der Waals surface area contributed by atoms with Crippen molar-refractivity contribution in [2.24, 2.45) is 5.41 Å². The first-order chi connectivity index (χ1) is 8.99. The zero-order valence-corrected chi connectivity index (χ0v) is 11.3. The molecule has 5 nitrogen and oxygen atoms in total. The van der Waals surface area contributed by atoms with Crippen LogP contribution in [0.25, 0.3) is 0 Å². The molecule has 19 heavy (non-hydrogen) atoms. The molecule has 106 valence electrons. The van der Waals surface area contributed by atoms with Gasteiger partial charge in [-0.2, -0.15) is 0 Å². The minimum Gasteiger partial charge on any atom is -0.507 e. The molecule has 0 radical (unpaired) electrons. The summed E-state index contributed by atoms with van der Waals surface area (Å²) in [6.45, 7) is 4.17. The van der Waals surface area contributed by atoms with Crippen molar-refractivity contribution in [3.05, 3.63) is 23.8 Å². The Labute approximate surface area is 112 Å². The van der Waals surface area contributed by atoms with E-state index in [1.165, 1.54) is 18.2 Å². The van der Waals surface area contributed by atoms with Gasteiger partial charge in [-0.25, -0.2) is 0 Å². The number of aliphatic hydroxyl groups excluding tert-OH is 1. The van der Waals surface area contributed by atoms with Crippen molar-refractivity contribution in [1.82, 2.24) is 5.32 Å². The largest absolute Gasteiger partial charge is 0.507 e. The SMILES string of the molecule is CCC(CC)(CO)CNC(=O)c1c(O)cccc1O. The van der Waals surface area contributed by atoms with Crippen LogP contribution in [0, 0.1) is 5.41 Å². The lowest BCUT2D eigenvalue weighted by molar-refractivity contribution is 0.0846. The number of aliphatic hydroxyl groups is 1. The standard InChI is InChI=1S/C14H21NO4/c1-3-14(4-2,9-16)8-15-13(19)12-10(17)6-5-7-11(12)18/h5-7,16-18H,3-4,8-9H2,1-2H3,(H,15,19). The average molecular weight is 267 g/mol. The molecule has 4 N–H and O–H groups in total. The van der Waals surface area contributed by atoms with E-state index < -0.39 is 5.91 Å². The third-order valence-electron chi connectivity index (χ3n) is 3.71. The Hall–Kier alpha value is -1.75. The fourth-order valence-electron chi connectivity index (χ4n) is 1.90. The first-order valence-corrected chi connectivity index (χ1v) is 6.39. The van der Waals surface area contributed by atoms with Crippen molar-refractivity contribution in [3.63, 3.8) is 0 Å². The van der Waals surface area contributed by atoms with Gasteiger partial charge in [-0.05, 0) is 25.0 Å². The predicted molar refractivity (Wildman–Crippen MR) is 72.2 cm³/mol. The monoisotopic (exact) mass is 267 g/mol. The van der Waals surface area contributed by atoms with Gasteiger partial charge >= 0.3 is 0 Å². The van der Waals surface area contributed by atoms with Crippen LogP contribution in [-0.4, -0.2) is 34.4 Å². The van der Waals surface area contributed by atoms with E-state index in [0.29, 0.717) is 6.54 Å². The lowest BCUT2D eigenvalue weighted by Crippen LogP contribution is -2.39. The van der Waals surface area contributed by atoms with E-state index in [1.54, 1.807) is 0 Å². The van der Waals surface area contributed by atoms with Gasteiger partial charge in [0.15, 0.2) is 0 Å². The number of phenols is 2. The van der Waals surface area contributed by atoms with Gasteiger partial charge in [-0.1, -0.05) is 19.9 Å². The smallest absolute Gasteiger partial charge is 0.258 e. The molecule has 0 unspecified atom stereocenters. The molecule has 0 aliphatic carbocycles. The van der Waals surface area contributed by atoms with E-state index in [1.807, 2.05) is 13.8 Å². The van der Waals surface area contributed by atoms with Gasteiger partial charge in [0.1, 0.15) is 17.1 Å². The van der Waals surface area contributed by atoms with Crippen molar-refractivity contribution in [2.75, 3.05) is 13.2 Å². The lowest BCUT2D eigenvalue weighted by atomic mass is 9.83. The summed E-state index contributed by atoms with van der Waals surface area (Å²) in [6, 6.07) is 4.14. The number of hydrogen-bond acceptors (Lipinski definition) is 4. The Morgan fingerprint density at radius 2 is 1.74 bits per heavy atom. The summed E-state index contributed by atoms with van der Waals surface area (Å²) in [5.41, 5.74) is -0.503. The fraction of sp³-hybridized carbons (Fsp3) is 0.500. The number of phenolic OH excluding ortho intramolecular Hbond substituents is 2. The number of hydrogen-bond donors (Lipinski definition) is 4. The number of carbonyl (C=O) groups excluding carboxylic acids is 1. The second-order valence-electron chi connectivity index (χ2n) is 4.72. The Balaban J connectivity index is 2.81. The van der Waals surface area contributed by atoms with Crippen molar-refractivity contribution in [3.8, 4) is 11.5 Å². The number of aromatic hydroxyl groups is 2. The average Bonchev–Trinajstić information content (AvgIpc) is 2.41. The van der Waals surface area contributed by atoms with Gasteiger partial charge in [0.25, 0.3) is 5.91 Å². The van der Waals surface area contributed by atoms with Gasteiger partial charge in [0, 0.05) is 12.0 Å². The molecule has 0 bridgehead atoms. The molecular weight excluding hydrogens is 246 g/mol. The molecule has 0 atom stereocenters. The van der Waals surface area contributed by atoms with Crippen LogP contribution in [-0.2, 0) is 0 Å². The topological polar surface area (TPSA) is 89.8 Å². The van der Waals surface area contributed by atoms with Gasteiger partial charge in [-0.15, -0.1) is 0 Å². The van der Waals surface area contributed by atoms with E-state index in [0.717, 1.165) is 12.8 Å². The number of nitrogens with one attached hydrogen (secondary N) is 1. The maximum absolute atomic E-state index is 12.0. The van der Waals surface area contributed by atoms with Gasteiger partial charge in [0.2, 0.25) is 0 Å². The molecule has 5 heteroatoms. The summed E-state index contributed by atoms with van der Waals surface area (Å²) in [5.74, 6) is -1.07. The molecule has 0 saturated heterocycles. The summed E-state index contributed by atoms with van der Waals surface area (Å²) in [4.78, 5) is 12.0. The summed E-state index contributed by atoms with van der Waals surface area (Å²) >= 11 is 0. The lowest BCUT2D eigenvalue weighted by Gasteiger charge is -2.29. The highest BCUT2D eigenvalue weighted by Gasteiger charge is 2.27. The molecular formula is C14H21NO4. The molecule has 0 heterocycles. The van der Waals surface area contributed by atoms with E-state index >= 15 is 0 Å². The summed E-state index contributed by atoms with van der Waals surface area (Å²) in [7, 11) is 0. The molecule has 0 aliphatic heterocycles. The summed E-state index contributed by atoms with van der Waals surface area (Å²) in [6.07, 6.45) is 1.46. The summed E-state index contributed by atoms with van der Waals surface area (Å²) < 4.78 is 0. The quantitative estimate of drug-likeness (QED) is 0.630. The van der Waals surface area contributed by atoms with Gasteiger partial charge in [0.05, 0.1) is 6.61 Å². The van der Waals surface area contributed by atoms with Crippen LogP contribution in [0.3, 0.4) is 0 Å². The highest BCUT2D eigenvalue weighted by atomic mass is 16.3. The Bertz CT molecular complexity index is 413. The van der Waals surface area contributed by atoms with E-state index in [9.17, 15) is 20.1 Å². The maximum atomic E-state index is 12.0. The van der Waals surface area contributed by atoms with Crippen LogP contribution in [0.4, 0.5) is 0 Å². The van der Waals surface area contributed by atoms with Crippen LogP contribution in [0.5, 0.6) is 11.5 Å². The predicted octanol–water partition coefficient (Wildman–Crippen LogP) is 1.63. The molecule has 0 aromatic heterocycles. The first kappa shape index (κ1) is 15.3. The molecule has 0 saturated carbocycles. The number of rotatable bonds is 6. The molecule has 1 amide bonds. The Morgan fingerprint density at radius 3 is 2.16 bits per heavy atom. The summed E-state index contributed by atoms with van der Waals surface area (Å²) in [5, 5.41) is 31.3. The van der Waals surface area contributed by atoms with Crippen molar-refractivity contribution in [2.45, 2.75) is 26.7 Å². The van der Waals surface area contributed by atoms with Gasteiger partial charge < -0.3 is 20.6 Å². The molecule has 0 spiro atoms. The van der Waals surface area contributed by atoms with Crippen LogP contribution < -0.4 is 5.32 Å². The molecule has 0 aliphatic rings. The second-order valence-corrected chi connectivity index (χ2v) is 4.72. The number of carbonyl (C=O) groups is 1. The highest BCUT2D eigenvalue weighted by molar-refractivity contribution is 5.99. The zero-order chi connectivity index (χ0) is 14.5. The third kappa shape index (κ3) is 3.38. The van der Waals surface area contributed by atoms with Crippen molar-refractivity contribution >= 4 is 5.91 Å². The van der Waals surface area contributed by atoms with Crippen LogP contribution in [0.2, 0.25) is 0 Å². The minimum atomic E-state index is -0.546. The molecule has 1 aromatic rings. The fourth-order valence-corrected chi connectivity index (χ4v) is 1.90. The van der Waals surface area contributed by atoms with Crippen LogP contribution >= 0.6 is 0 Å². The molecule has 1 aromatic carbocycles. The second kappa shape index (κ2) is 6.43. The highest BCUT2D eigenvalue weighted by Crippen LogP contribution is 2.28. The van der Waals surface area contributed by atoms with Crippen molar-refractivity contribution < 1.29 is 20.1 Å². The normalized spacial score (nSPS) is 11.3.